The molecule has 1 aliphatic rings. The van der Waals surface area contributed by atoms with Gasteiger partial charge in [-0.05, 0) is 26.6 Å². The predicted molar refractivity (Wildman–Crippen MR) is 61.8 cm³/mol. The predicted octanol–water partition coefficient (Wildman–Crippen LogP) is 0.0523. The summed E-state index contributed by atoms with van der Waals surface area (Å²) < 4.78 is 0. The molecule has 1 saturated heterocycles. The lowest BCUT2D eigenvalue weighted by Crippen LogP contribution is -2.42. The monoisotopic (exact) mass is 213 g/mol. The van der Waals surface area contributed by atoms with E-state index in [1.54, 1.807) is 0 Å². The van der Waals surface area contributed by atoms with E-state index in [9.17, 15) is 4.79 Å². The average molecular weight is 213 g/mol. The van der Waals surface area contributed by atoms with Crippen LogP contribution in [0.3, 0.4) is 0 Å². The van der Waals surface area contributed by atoms with Gasteiger partial charge in [-0.1, -0.05) is 13.8 Å². The first-order chi connectivity index (χ1) is 7.13. The highest BCUT2D eigenvalue weighted by Gasteiger charge is 2.22. The first-order valence-electron chi connectivity index (χ1n) is 5.83. The second-order valence-corrected chi connectivity index (χ2v) is 4.47. The second kappa shape index (κ2) is 6.08. The number of hydrogen-bond acceptors (Lipinski definition) is 3. The van der Waals surface area contributed by atoms with Crippen LogP contribution in [-0.2, 0) is 4.79 Å². The van der Waals surface area contributed by atoms with Crippen molar-refractivity contribution in [1.29, 1.82) is 0 Å². The molecule has 0 aliphatic carbocycles. The van der Waals surface area contributed by atoms with Crippen molar-refractivity contribution in [2.75, 3.05) is 33.2 Å². The Morgan fingerprint density at radius 2 is 2.33 bits per heavy atom. The summed E-state index contributed by atoms with van der Waals surface area (Å²) in [5.74, 6) is 0.243. The Kier molecular flexibility index (Phi) is 5.05. The van der Waals surface area contributed by atoms with Gasteiger partial charge in [0.15, 0.2) is 0 Å². The van der Waals surface area contributed by atoms with Gasteiger partial charge in [-0.3, -0.25) is 4.79 Å². The molecule has 0 aromatic rings. The summed E-state index contributed by atoms with van der Waals surface area (Å²) in [4.78, 5) is 14.0. The van der Waals surface area contributed by atoms with E-state index < -0.39 is 0 Å². The van der Waals surface area contributed by atoms with E-state index in [-0.39, 0.29) is 11.8 Å². The Labute approximate surface area is 92.4 Å². The summed E-state index contributed by atoms with van der Waals surface area (Å²) in [6, 6.07) is 0.353. The van der Waals surface area contributed by atoms with E-state index in [4.69, 9.17) is 0 Å². The molecule has 2 unspecified atom stereocenters. The molecule has 1 rings (SSSR count). The molecule has 0 spiro atoms. The molecular formula is C11H23N3O. The molecule has 4 heteroatoms. The van der Waals surface area contributed by atoms with Gasteiger partial charge >= 0.3 is 0 Å². The Hall–Kier alpha value is -0.610. The van der Waals surface area contributed by atoms with Crippen molar-refractivity contribution in [3.8, 4) is 0 Å². The zero-order valence-electron chi connectivity index (χ0n) is 10.0. The minimum atomic E-state index is 0.0656. The van der Waals surface area contributed by atoms with Gasteiger partial charge in [0.1, 0.15) is 0 Å². The molecule has 0 radical (unpaired) electrons. The highest BCUT2D eigenvalue weighted by atomic mass is 16.1. The lowest BCUT2D eigenvalue weighted by atomic mass is 10.1. The SMILES string of the molecule is CCNCC(C)C(=O)NC1CCN(C)C1. The Morgan fingerprint density at radius 3 is 2.87 bits per heavy atom. The fourth-order valence-corrected chi connectivity index (χ4v) is 1.85. The normalized spacial score (nSPS) is 24.1. The van der Waals surface area contributed by atoms with Crippen molar-refractivity contribution in [2.45, 2.75) is 26.3 Å². The van der Waals surface area contributed by atoms with Gasteiger partial charge < -0.3 is 15.5 Å². The van der Waals surface area contributed by atoms with Crippen LogP contribution < -0.4 is 10.6 Å². The maximum absolute atomic E-state index is 11.7. The summed E-state index contributed by atoms with van der Waals surface area (Å²) in [6.07, 6.45) is 1.08. The third-order valence-electron chi connectivity index (χ3n) is 2.89. The van der Waals surface area contributed by atoms with Crippen LogP contribution in [0, 0.1) is 5.92 Å². The van der Waals surface area contributed by atoms with E-state index in [1.165, 1.54) is 0 Å². The maximum Gasteiger partial charge on any atom is 0.224 e. The van der Waals surface area contributed by atoms with Crippen LogP contribution in [0.4, 0.5) is 0 Å². The molecule has 2 N–H and O–H groups in total. The molecule has 88 valence electrons. The standard InChI is InChI=1S/C11H23N3O/c1-4-12-7-9(2)11(15)13-10-5-6-14(3)8-10/h9-10,12H,4-8H2,1-3H3,(H,13,15). The van der Waals surface area contributed by atoms with Crippen molar-refractivity contribution in [3.05, 3.63) is 0 Å². The summed E-state index contributed by atoms with van der Waals surface area (Å²) in [7, 11) is 2.09. The fraction of sp³-hybridized carbons (Fsp3) is 0.909. The molecular weight excluding hydrogens is 190 g/mol. The molecule has 0 aromatic heterocycles. The van der Waals surface area contributed by atoms with Gasteiger partial charge in [0.2, 0.25) is 5.91 Å². The highest BCUT2D eigenvalue weighted by molar-refractivity contribution is 5.78. The van der Waals surface area contributed by atoms with Crippen molar-refractivity contribution >= 4 is 5.91 Å². The smallest absolute Gasteiger partial charge is 0.224 e. The van der Waals surface area contributed by atoms with Crippen LogP contribution >= 0.6 is 0 Å². The number of nitrogens with one attached hydrogen (secondary N) is 2. The lowest BCUT2D eigenvalue weighted by molar-refractivity contribution is -0.125. The van der Waals surface area contributed by atoms with Crippen LogP contribution in [0.1, 0.15) is 20.3 Å². The summed E-state index contributed by atoms with van der Waals surface area (Å²) >= 11 is 0. The third kappa shape index (κ3) is 4.18. The van der Waals surface area contributed by atoms with Gasteiger partial charge in [-0.2, -0.15) is 0 Å². The molecule has 0 bridgehead atoms. The van der Waals surface area contributed by atoms with Crippen molar-refractivity contribution in [1.82, 2.24) is 15.5 Å². The summed E-state index contributed by atoms with van der Waals surface area (Å²) in [5.41, 5.74) is 0. The number of hydrogen-bond donors (Lipinski definition) is 2. The minimum Gasteiger partial charge on any atom is -0.352 e. The molecule has 0 saturated carbocycles. The fourth-order valence-electron chi connectivity index (χ4n) is 1.85. The number of amides is 1. The number of carbonyl (C=O) groups excluding carboxylic acids is 1. The quantitative estimate of drug-likeness (QED) is 0.678. The van der Waals surface area contributed by atoms with Crippen LogP contribution in [0.25, 0.3) is 0 Å². The van der Waals surface area contributed by atoms with Crippen molar-refractivity contribution in [2.24, 2.45) is 5.92 Å². The van der Waals surface area contributed by atoms with Crippen LogP contribution in [-0.4, -0.2) is 50.1 Å². The zero-order valence-corrected chi connectivity index (χ0v) is 10.0. The summed E-state index contributed by atoms with van der Waals surface area (Å²) in [6.45, 7) is 7.79. The molecule has 1 fully saturated rings. The van der Waals surface area contributed by atoms with Crippen LogP contribution in [0.5, 0.6) is 0 Å². The number of nitrogens with zero attached hydrogens (tertiary/aromatic N) is 1. The average Bonchev–Trinajstić information content (AvgIpc) is 2.60. The molecule has 1 aliphatic heterocycles. The van der Waals surface area contributed by atoms with Gasteiger partial charge in [-0.25, -0.2) is 0 Å². The van der Waals surface area contributed by atoms with Crippen molar-refractivity contribution in [3.63, 3.8) is 0 Å². The number of likely N-dealkylation sites (tertiary alicyclic amines) is 1. The Bertz CT molecular complexity index is 208. The first-order valence-corrected chi connectivity index (χ1v) is 5.83. The number of rotatable bonds is 5. The molecule has 1 heterocycles. The largest absolute Gasteiger partial charge is 0.352 e. The Morgan fingerprint density at radius 1 is 1.60 bits per heavy atom. The lowest BCUT2D eigenvalue weighted by Gasteiger charge is -2.17. The highest BCUT2D eigenvalue weighted by Crippen LogP contribution is 2.07. The molecule has 4 nitrogen and oxygen atoms in total. The maximum atomic E-state index is 11.7. The minimum absolute atomic E-state index is 0.0656. The van der Waals surface area contributed by atoms with E-state index in [0.717, 1.165) is 32.6 Å². The Balaban J connectivity index is 2.22. The molecule has 2 atom stereocenters. The van der Waals surface area contributed by atoms with Crippen LogP contribution in [0.2, 0.25) is 0 Å². The third-order valence-corrected chi connectivity index (χ3v) is 2.89. The number of likely N-dealkylation sites (N-methyl/N-ethyl adjacent to an activating group) is 1. The summed E-state index contributed by atoms with van der Waals surface area (Å²) in [5, 5.41) is 6.29. The van der Waals surface area contributed by atoms with Gasteiger partial charge in [-0.15, -0.1) is 0 Å². The van der Waals surface area contributed by atoms with Gasteiger partial charge in [0, 0.05) is 25.0 Å². The second-order valence-electron chi connectivity index (χ2n) is 4.47. The van der Waals surface area contributed by atoms with E-state index >= 15 is 0 Å². The van der Waals surface area contributed by atoms with Crippen LogP contribution in [0.15, 0.2) is 0 Å². The first kappa shape index (κ1) is 12.5. The molecule has 1 amide bonds. The molecule has 15 heavy (non-hydrogen) atoms. The number of carbonyl (C=O) groups is 1. The van der Waals surface area contributed by atoms with Gasteiger partial charge in [0.25, 0.3) is 0 Å². The molecule has 0 aromatic carbocycles. The topological polar surface area (TPSA) is 44.4 Å². The van der Waals surface area contributed by atoms with Crippen molar-refractivity contribution < 1.29 is 4.79 Å². The zero-order chi connectivity index (χ0) is 11.3. The van der Waals surface area contributed by atoms with E-state index in [0.29, 0.717) is 6.04 Å². The van der Waals surface area contributed by atoms with E-state index in [2.05, 4.69) is 29.5 Å². The van der Waals surface area contributed by atoms with E-state index in [1.807, 2.05) is 6.92 Å². The van der Waals surface area contributed by atoms with Gasteiger partial charge in [0.05, 0.1) is 0 Å².